The van der Waals surface area contributed by atoms with Crippen molar-refractivity contribution in [2.75, 3.05) is 36.5 Å². The second kappa shape index (κ2) is 9.55. The summed E-state index contributed by atoms with van der Waals surface area (Å²) in [6.45, 7) is 4.46. The Labute approximate surface area is 216 Å². The van der Waals surface area contributed by atoms with Crippen LogP contribution >= 0.6 is 0 Å². The Morgan fingerprint density at radius 3 is 2.57 bits per heavy atom. The fourth-order valence-corrected chi connectivity index (χ4v) is 5.69. The Morgan fingerprint density at radius 1 is 0.919 bits per heavy atom. The molecule has 190 valence electrons. The third-order valence-corrected chi connectivity index (χ3v) is 7.56. The van der Waals surface area contributed by atoms with Crippen molar-refractivity contribution in [1.82, 2.24) is 19.7 Å². The standard InChI is InChI=1S/C28H31N7O2/c1-19-15-20-16-22(30-19)21-17-29-35(18-21)27(37)25-11-8-13-33(25)12-6-3-7-14-34-24-10-5-4-9-23(24)32(2)28(34)31-26(20)36/h4-5,9-10,15-18,25H,3,6-8,11-14H2,1-2H3/b31-28+. The molecule has 1 saturated heterocycles. The van der Waals surface area contributed by atoms with E-state index in [4.69, 9.17) is 0 Å². The maximum absolute atomic E-state index is 13.5. The van der Waals surface area contributed by atoms with Crippen LogP contribution in [0.4, 0.5) is 11.4 Å². The van der Waals surface area contributed by atoms with Crippen LogP contribution in [0.25, 0.3) is 11.3 Å². The molecule has 0 radical (unpaired) electrons. The summed E-state index contributed by atoms with van der Waals surface area (Å²) in [7, 11) is 1.96. The molecule has 3 aliphatic rings. The van der Waals surface area contributed by atoms with Crippen LogP contribution in [0.5, 0.6) is 0 Å². The van der Waals surface area contributed by atoms with E-state index in [0.29, 0.717) is 28.5 Å². The molecule has 0 aliphatic carbocycles. The number of aryl methyl sites for hydroxylation is 1. The topological polar surface area (TPSA) is 86.9 Å². The smallest absolute Gasteiger partial charge is 0.280 e. The van der Waals surface area contributed by atoms with Crippen LogP contribution in [0.2, 0.25) is 0 Å². The van der Waals surface area contributed by atoms with E-state index in [1.165, 1.54) is 4.68 Å². The van der Waals surface area contributed by atoms with E-state index in [9.17, 15) is 9.59 Å². The van der Waals surface area contributed by atoms with Gasteiger partial charge in [0.1, 0.15) is 0 Å². The highest BCUT2D eigenvalue weighted by Crippen LogP contribution is 2.36. The number of rotatable bonds is 0. The highest BCUT2D eigenvalue weighted by Gasteiger charge is 2.33. The van der Waals surface area contributed by atoms with E-state index in [0.717, 1.165) is 63.1 Å². The lowest BCUT2D eigenvalue weighted by atomic mass is 10.1. The molecule has 9 heteroatoms. The monoisotopic (exact) mass is 497 g/mol. The van der Waals surface area contributed by atoms with Gasteiger partial charge >= 0.3 is 0 Å². The lowest BCUT2D eigenvalue weighted by molar-refractivity contribution is 0.0762. The zero-order valence-electron chi connectivity index (χ0n) is 21.3. The minimum Gasteiger partial charge on any atom is -0.313 e. The molecule has 0 spiro atoms. The number of nitrogens with zero attached hydrogens (tertiary/aromatic N) is 7. The highest BCUT2D eigenvalue weighted by molar-refractivity contribution is 6.20. The van der Waals surface area contributed by atoms with Gasteiger partial charge < -0.3 is 9.80 Å². The minimum absolute atomic E-state index is 0.000211. The summed E-state index contributed by atoms with van der Waals surface area (Å²) in [6.07, 6.45) is 8.25. The summed E-state index contributed by atoms with van der Waals surface area (Å²) in [5, 5.41) is 4.37. The molecule has 3 aliphatic heterocycles. The molecule has 37 heavy (non-hydrogen) atoms. The largest absolute Gasteiger partial charge is 0.313 e. The van der Waals surface area contributed by atoms with Gasteiger partial charge in [-0.05, 0) is 70.0 Å². The Balaban J connectivity index is 1.41. The number of amides is 1. The van der Waals surface area contributed by atoms with E-state index < -0.39 is 0 Å². The van der Waals surface area contributed by atoms with E-state index in [-0.39, 0.29) is 17.9 Å². The number of hydrogen-bond acceptors (Lipinski definition) is 7. The molecule has 1 fully saturated rings. The Hall–Kier alpha value is -3.85. The first-order chi connectivity index (χ1) is 18.0. The average molecular weight is 498 g/mol. The molecule has 9 nitrogen and oxygen atoms in total. The molecule has 6 rings (SSSR count). The summed E-state index contributed by atoms with van der Waals surface area (Å²) in [6, 6.07) is 11.5. The van der Waals surface area contributed by atoms with Crippen LogP contribution in [0.15, 0.2) is 53.8 Å². The number of carbonyl (C=O) groups is 2. The van der Waals surface area contributed by atoms with Crippen molar-refractivity contribution in [2.45, 2.75) is 45.1 Å². The third kappa shape index (κ3) is 4.33. The van der Waals surface area contributed by atoms with Gasteiger partial charge in [-0.2, -0.15) is 10.1 Å². The number of fused-ring (bicyclic) bond motifs is 9. The molecule has 1 atom stereocenters. The first-order valence-electron chi connectivity index (χ1n) is 13.0. The van der Waals surface area contributed by atoms with Gasteiger partial charge in [0.15, 0.2) is 0 Å². The van der Waals surface area contributed by atoms with E-state index >= 15 is 0 Å². The predicted octanol–water partition coefficient (Wildman–Crippen LogP) is 3.99. The van der Waals surface area contributed by atoms with Gasteiger partial charge in [-0.15, -0.1) is 0 Å². The summed E-state index contributed by atoms with van der Waals surface area (Å²) in [5.74, 6) is 0.318. The molecule has 5 heterocycles. The van der Waals surface area contributed by atoms with Gasteiger partial charge in [0.05, 0.1) is 29.3 Å². The van der Waals surface area contributed by atoms with Crippen LogP contribution in [-0.4, -0.2) is 70.2 Å². The number of carbonyl (C=O) groups excluding carboxylic acids is 2. The molecule has 2 aromatic heterocycles. The van der Waals surface area contributed by atoms with Gasteiger partial charge in [0.25, 0.3) is 11.8 Å². The number of para-hydroxylation sites is 2. The predicted molar refractivity (Wildman–Crippen MR) is 143 cm³/mol. The number of aliphatic imine (C=N–C) groups is 1. The lowest BCUT2D eigenvalue weighted by Gasteiger charge is -2.24. The molecule has 1 amide bonds. The quantitative estimate of drug-likeness (QED) is 0.464. The van der Waals surface area contributed by atoms with Crippen molar-refractivity contribution in [3.8, 4) is 11.3 Å². The summed E-state index contributed by atoms with van der Waals surface area (Å²) in [5.41, 5.74) is 4.58. The molecule has 4 bridgehead atoms. The van der Waals surface area contributed by atoms with Crippen LogP contribution in [0, 0.1) is 6.92 Å². The number of anilines is 2. The van der Waals surface area contributed by atoms with Gasteiger partial charge in [0.2, 0.25) is 5.96 Å². The van der Waals surface area contributed by atoms with Crippen molar-refractivity contribution in [3.05, 3.63) is 60.0 Å². The maximum atomic E-state index is 13.5. The average Bonchev–Trinajstić information content (AvgIpc) is 3.63. The normalized spacial score (nSPS) is 22.1. The van der Waals surface area contributed by atoms with E-state index in [1.54, 1.807) is 24.5 Å². The fourth-order valence-electron chi connectivity index (χ4n) is 5.69. The molecule has 0 N–H and O–H groups in total. The first kappa shape index (κ1) is 23.5. The SMILES string of the molecule is Cc1cc2cc(n1)-c1cnn(c1)C(=O)C1CCCN1CCCCCN1/C(=N/C2=O)N(C)c2ccccc21. The molecular weight excluding hydrogens is 466 g/mol. The summed E-state index contributed by atoms with van der Waals surface area (Å²) >= 11 is 0. The van der Waals surface area contributed by atoms with Crippen molar-refractivity contribution in [3.63, 3.8) is 0 Å². The number of aromatic nitrogens is 3. The number of guanidine groups is 1. The van der Waals surface area contributed by atoms with Crippen molar-refractivity contribution >= 4 is 29.1 Å². The van der Waals surface area contributed by atoms with Crippen LogP contribution < -0.4 is 9.80 Å². The number of pyridine rings is 1. The van der Waals surface area contributed by atoms with Crippen LogP contribution in [0.3, 0.4) is 0 Å². The van der Waals surface area contributed by atoms with Crippen molar-refractivity contribution in [2.24, 2.45) is 4.99 Å². The molecular formula is C28H31N7O2. The van der Waals surface area contributed by atoms with Gasteiger partial charge in [-0.1, -0.05) is 18.6 Å². The fraction of sp³-hybridized carbons (Fsp3) is 0.393. The van der Waals surface area contributed by atoms with Crippen LogP contribution in [0.1, 0.15) is 53.0 Å². The van der Waals surface area contributed by atoms with E-state index in [1.807, 2.05) is 31.0 Å². The summed E-state index contributed by atoms with van der Waals surface area (Å²) in [4.78, 5) is 42.4. The van der Waals surface area contributed by atoms with Crippen LogP contribution in [-0.2, 0) is 0 Å². The van der Waals surface area contributed by atoms with E-state index in [2.05, 4.69) is 37.0 Å². The summed E-state index contributed by atoms with van der Waals surface area (Å²) < 4.78 is 1.44. The maximum Gasteiger partial charge on any atom is 0.280 e. The minimum atomic E-state index is -0.322. The zero-order chi connectivity index (χ0) is 25.5. The van der Waals surface area contributed by atoms with Gasteiger partial charge in [0, 0.05) is 36.6 Å². The highest BCUT2D eigenvalue weighted by atomic mass is 16.2. The number of hydrogen-bond donors (Lipinski definition) is 0. The lowest BCUT2D eigenvalue weighted by Crippen LogP contribution is -2.40. The molecule has 0 saturated carbocycles. The van der Waals surface area contributed by atoms with Crippen molar-refractivity contribution in [1.29, 1.82) is 0 Å². The second-order valence-electron chi connectivity index (χ2n) is 10.1. The zero-order valence-corrected chi connectivity index (χ0v) is 21.3. The molecule has 1 aromatic carbocycles. The second-order valence-corrected chi connectivity index (χ2v) is 10.1. The molecule has 3 aromatic rings. The van der Waals surface area contributed by atoms with Crippen molar-refractivity contribution < 1.29 is 9.59 Å². The Bertz CT molecular complexity index is 1390. The van der Waals surface area contributed by atoms with Gasteiger partial charge in [-0.25, -0.2) is 4.68 Å². The van der Waals surface area contributed by atoms with Gasteiger partial charge in [-0.3, -0.25) is 19.5 Å². The Kier molecular flexibility index (Phi) is 6.08. The number of benzene rings is 1. The third-order valence-electron chi connectivity index (χ3n) is 7.56. The first-order valence-corrected chi connectivity index (χ1v) is 13.0. The molecule has 1 unspecified atom stereocenters. The Morgan fingerprint density at radius 2 is 1.70 bits per heavy atom.